The molecule has 386 valence electrons. The van der Waals surface area contributed by atoms with Crippen molar-refractivity contribution in [1.82, 2.24) is 9.13 Å². The molecule has 0 unspecified atom stereocenters. The standard InChI is InChI=1S/C78H50BN3O/c1-6-23-51(24-7-1)56-48-72-77-74(50-56)83-73-49-55(60-36-22-42-70-76(60)64-34-17-19-40-68(64)81(70)58-31-14-5-15-32-58)44-46-66(73)79(77)65-45-43-54(59-35-21-41-69-75(59)63-33-16-18-39-67(63)80(69)57-29-12-4-13-30-57)47-71(65)82(72)78-61(52-25-8-2-9-26-52)37-20-38-62(78)53-27-10-3-11-28-53/h1-50H. The summed E-state index contributed by atoms with van der Waals surface area (Å²) < 4.78 is 12.3. The first-order valence-electron chi connectivity index (χ1n) is 28.6. The second-order valence-corrected chi connectivity index (χ2v) is 21.9. The zero-order valence-electron chi connectivity index (χ0n) is 45.2. The molecule has 0 saturated carbocycles. The van der Waals surface area contributed by atoms with E-state index in [0.717, 1.165) is 101 Å². The molecule has 83 heavy (non-hydrogen) atoms. The van der Waals surface area contributed by atoms with Gasteiger partial charge in [0.25, 0.3) is 6.71 Å². The third kappa shape index (κ3) is 7.34. The minimum atomic E-state index is -0.168. The van der Waals surface area contributed by atoms with Gasteiger partial charge in [-0.05, 0) is 134 Å². The van der Waals surface area contributed by atoms with Gasteiger partial charge in [0.2, 0.25) is 0 Å². The fraction of sp³-hybridized carbons (Fsp3) is 0. The van der Waals surface area contributed by atoms with Crippen LogP contribution in [0.2, 0.25) is 0 Å². The molecule has 5 heteroatoms. The van der Waals surface area contributed by atoms with Crippen LogP contribution in [0, 0.1) is 0 Å². The molecule has 13 aromatic carbocycles. The van der Waals surface area contributed by atoms with E-state index in [2.05, 4.69) is 317 Å². The number of ether oxygens (including phenoxy) is 1. The van der Waals surface area contributed by atoms with E-state index in [0.29, 0.717) is 0 Å². The van der Waals surface area contributed by atoms with Crippen molar-refractivity contribution in [3.8, 4) is 78.5 Å². The van der Waals surface area contributed by atoms with Crippen molar-refractivity contribution < 1.29 is 4.74 Å². The number of anilines is 3. The van der Waals surface area contributed by atoms with Crippen LogP contribution in [0.25, 0.3) is 111 Å². The lowest BCUT2D eigenvalue weighted by molar-refractivity contribution is 0.488. The monoisotopic (exact) mass is 1060 g/mol. The Labute approximate surface area is 481 Å². The third-order valence-electron chi connectivity index (χ3n) is 17.4. The van der Waals surface area contributed by atoms with Gasteiger partial charge < -0.3 is 18.8 Å². The van der Waals surface area contributed by atoms with E-state index in [1.54, 1.807) is 0 Å². The lowest BCUT2D eigenvalue weighted by atomic mass is 9.34. The maximum Gasteiger partial charge on any atom is 0.256 e. The highest BCUT2D eigenvalue weighted by molar-refractivity contribution is 6.99. The Bertz CT molecular complexity index is 4990. The molecule has 4 heterocycles. The van der Waals surface area contributed by atoms with Crippen LogP contribution in [0.15, 0.2) is 303 Å². The van der Waals surface area contributed by atoms with Crippen LogP contribution in [-0.2, 0) is 0 Å². The van der Waals surface area contributed by atoms with Crippen molar-refractivity contribution in [1.29, 1.82) is 0 Å². The minimum absolute atomic E-state index is 0.168. The van der Waals surface area contributed by atoms with Crippen molar-refractivity contribution in [2.24, 2.45) is 0 Å². The van der Waals surface area contributed by atoms with Gasteiger partial charge in [-0.25, -0.2) is 0 Å². The Balaban J connectivity index is 0.948. The van der Waals surface area contributed by atoms with Gasteiger partial charge in [-0.15, -0.1) is 0 Å². The summed E-state index contributed by atoms with van der Waals surface area (Å²) in [7, 11) is 0. The normalized spacial score (nSPS) is 12.4. The highest BCUT2D eigenvalue weighted by atomic mass is 16.5. The molecule has 0 amide bonds. The quantitative estimate of drug-likeness (QED) is 0.142. The minimum Gasteiger partial charge on any atom is -0.458 e. The average molecular weight is 1060 g/mol. The zero-order valence-corrected chi connectivity index (χ0v) is 45.2. The summed E-state index contributed by atoms with van der Waals surface area (Å²) in [5, 5.41) is 4.88. The van der Waals surface area contributed by atoms with Gasteiger partial charge in [-0.3, -0.25) is 0 Å². The van der Waals surface area contributed by atoms with Gasteiger partial charge in [-0.1, -0.05) is 231 Å². The van der Waals surface area contributed by atoms with E-state index in [9.17, 15) is 0 Å². The maximum atomic E-state index is 7.54. The molecule has 4 nitrogen and oxygen atoms in total. The Morgan fingerprint density at radius 1 is 0.277 bits per heavy atom. The lowest BCUT2D eigenvalue weighted by Crippen LogP contribution is -2.59. The van der Waals surface area contributed by atoms with Gasteiger partial charge >= 0.3 is 0 Å². The van der Waals surface area contributed by atoms with Gasteiger partial charge in [-0.2, -0.15) is 0 Å². The summed E-state index contributed by atoms with van der Waals surface area (Å²) in [5.41, 5.74) is 25.1. The van der Waals surface area contributed by atoms with Crippen LogP contribution >= 0.6 is 0 Å². The number of aromatic nitrogens is 2. The molecule has 0 bridgehead atoms. The molecule has 0 saturated heterocycles. The first-order valence-corrected chi connectivity index (χ1v) is 28.6. The summed E-state index contributed by atoms with van der Waals surface area (Å²) in [6.07, 6.45) is 0. The largest absolute Gasteiger partial charge is 0.458 e. The van der Waals surface area contributed by atoms with Crippen LogP contribution in [0.1, 0.15) is 0 Å². The van der Waals surface area contributed by atoms with Crippen molar-refractivity contribution in [2.45, 2.75) is 0 Å². The molecule has 0 N–H and O–H groups in total. The molecule has 2 aliphatic rings. The van der Waals surface area contributed by atoms with Crippen molar-refractivity contribution in [2.75, 3.05) is 4.90 Å². The summed E-state index contributed by atoms with van der Waals surface area (Å²) >= 11 is 0. The summed E-state index contributed by atoms with van der Waals surface area (Å²) in [5.74, 6) is 1.71. The summed E-state index contributed by atoms with van der Waals surface area (Å²) in [4.78, 5) is 2.59. The Hall–Kier alpha value is -10.9. The highest BCUT2D eigenvalue weighted by Gasteiger charge is 2.43. The Morgan fingerprint density at radius 3 is 1.25 bits per heavy atom. The first-order chi connectivity index (χ1) is 41.2. The van der Waals surface area contributed by atoms with Gasteiger partial charge in [0, 0.05) is 55.4 Å². The summed E-state index contributed by atoms with van der Waals surface area (Å²) in [6, 6.07) is 111. The Morgan fingerprint density at radius 2 is 0.699 bits per heavy atom. The number of nitrogens with zero attached hydrogens (tertiary/aromatic N) is 3. The molecule has 15 aromatic rings. The van der Waals surface area contributed by atoms with Gasteiger partial charge in [0.15, 0.2) is 0 Å². The Kier molecular flexibility index (Phi) is 10.7. The van der Waals surface area contributed by atoms with Crippen LogP contribution in [-0.4, -0.2) is 15.8 Å². The van der Waals surface area contributed by atoms with Gasteiger partial charge in [0.1, 0.15) is 11.5 Å². The van der Waals surface area contributed by atoms with Crippen LogP contribution < -0.4 is 26.0 Å². The lowest BCUT2D eigenvalue weighted by Gasteiger charge is -2.42. The number of para-hydroxylation sites is 5. The summed E-state index contributed by atoms with van der Waals surface area (Å²) in [6.45, 7) is -0.168. The second-order valence-electron chi connectivity index (χ2n) is 21.9. The van der Waals surface area contributed by atoms with Crippen molar-refractivity contribution in [3.63, 3.8) is 0 Å². The first kappa shape index (κ1) is 47.0. The fourth-order valence-electron chi connectivity index (χ4n) is 13.8. The molecule has 2 aromatic heterocycles. The molecule has 0 aliphatic carbocycles. The number of benzene rings is 13. The average Bonchev–Trinajstić information content (AvgIpc) is 4.16. The van der Waals surface area contributed by atoms with Gasteiger partial charge in [0.05, 0.1) is 27.8 Å². The zero-order chi connectivity index (χ0) is 54.5. The molecule has 0 atom stereocenters. The molecule has 17 rings (SSSR count). The predicted octanol–water partition coefficient (Wildman–Crippen LogP) is 18.6. The number of hydrogen-bond acceptors (Lipinski definition) is 2. The van der Waals surface area contributed by atoms with E-state index in [-0.39, 0.29) is 6.71 Å². The maximum absolute atomic E-state index is 7.54. The fourth-order valence-corrected chi connectivity index (χ4v) is 13.8. The third-order valence-corrected chi connectivity index (χ3v) is 17.4. The van der Waals surface area contributed by atoms with E-state index in [1.165, 1.54) is 54.6 Å². The molecular weight excluding hydrogens is 1010 g/mol. The van der Waals surface area contributed by atoms with Crippen LogP contribution in [0.5, 0.6) is 11.5 Å². The van der Waals surface area contributed by atoms with Crippen LogP contribution in [0.3, 0.4) is 0 Å². The number of fused-ring (bicyclic) bond motifs is 10. The van der Waals surface area contributed by atoms with Crippen molar-refractivity contribution >= 4 is 83.8 Å². The number of hydrogen-bond donors (Lipinski definition) is 0. The molecule has 0 spiro atoms. The van der Waals surface area contributed by atoms with Crippen molar-refractivity contribution in [3.05, 3.63) is 303 Å². The molecule has 0 radical (unpaired) electrons. The second kappa shape index (κ2) is 18.9. The number of rotatable bonds is 8. The molecule has 0 fully saturated rings. The van der Waals surface area contributed by atoms with E-state index < -0.39 is 0 Å². The van der Waals surface area contributed by atoms with E-state index >= 15 is 0 Å². The smallest absolute Gasteiger partial charge is 0.256 e. The highest BCUT2D eigenvalue weighted by Crippen LogP contribution is 2.51. The topological polar surface area (TPSA) is 22.3 Å². The van der Waals surface area contributed by atoms with Crippen LogP contribution in [0.4, 0.5) is 17.1 Å². The molecule has 2 aliphatic heterocycles. The van der Waals surface area contributed by atoms with E-state index in [1.807, 2.05) is 0 Å². The SMILES string of the molecule is c1ccc(-c2cc3c4c(c2)N(c2c(-c5ccccc5)cccc2-c2ccccc2)c2cc(-c5cccc6c5c5ccccc5n6-c5ccccc5)ccc2B4c2ccc(-c4cccc5c4c4ccccc4n5-c4ccccc4)cc2O3)cc1. The predicted molar refractivity (Wildman–Crippen MR) is 348 cm³/mol. The molecular formula is C78H50BN3O. The van der Waals surface area contributed by atoms with E-state index in [4.69, 9.17) is 4.74 Å².